The van der Waals surface area contributed by atoms with E-state index < -0.39 is 0 Å². The van der Waals surface area contributed by atoms with Crippen molar-refractivity contribution in [1.29, 1.82) is 0 Å². The molecule has 0 radical (unpaired) electrons. The molecule has 2 N–H and O–H groups in total. The summed E-state index contributed by atoms with van der Waals surface area (Å²) in [7, 11) is 0. The van der Waals surface area contributed by atoms with Gasteiger partial charge >= 0.3 is 0 Å². The molecule has 1 aliphatic heterocycles. The molecule has 1 rings (SSSR count). The summed E-state index contributed by atoms with van der Waals surface area (Å²) in [6.45, 7) is 9.51. The van der Waals surface area contributed by atoms with Crippen molar-refractivity contribution in [3.63, 3.8) is 0 Å². The average Bonchev–Trinajstić information content (AvgIpc) is 1.84. The zero-order valence-corrected chi connectivity index (χ0v) is 8.52. The molecule has 0 aromatic heterocycles. The van der Waals surface area contributed by atoms with Gasteiger partial charge in [0.05, 0.1) is 13.2 Å². The van der Waals surface area contributed by atoms with Gasteiger partial charge in [0.25, 0.3) is 0 Å². The predicted octanol–water partition coefficient (Wildman–Crippen LogP) is 1.79. The van der Waals surface area contributed by atoms with Crippen LogP contribution in [-0.2, 0) is 4.74 Å². The third-order valence-corrected chi connectivity index (χ3v) is 3.64. The maximum absolute atomic E-state index is 5.60. The Bertz CT molecular complexity index is 144. The quantitative estimate of drug-likeness (QED) is 0.700. The smallest absolute Gasteiger partial charge is 0.0549 e. The Balaban J connectivity index is 2.63. The number of ether oxygens (including phenoxy) is 1. The van der Waals surface area contributed by atoms with Gasteiger partial charge in [-0.25, -0.2) is 0 Å². The van der Waals surface area contributed by atoms with E-state index in [1.165, 1.54) is 6.42 Å². The first-order chi connectivity index (χ1) is 5.58. The lowest BCUT2D eigenvalue weighted by molar-refractivity contribution is -0.178. The van der Waals surface area contributed by atoms with Gasteiger partial charge in [-0.3, -0.25) is 0 Å². The first-order valence-corrected chi connectivity index (χ1v) is 4.86. The third-order valence-electron chi connectivity index (χ3n) is 3.64. The Hall–Kier alpha value is -0.0800. The molecule has 72 valence electrons. The number of hydrogen-bond donors (Lipinski definition) is 1. The standard InChI is InChI=1S/C10H21NO/c1-4-10(7-12-8-10)9(2,3)5-6-11/h4-8,11H2,1-3H3. The van der Waals surface area contributed by atoms with Crippen molar-refractivity contribution in [2.45, 2.75) is 33.6 Å². The fourth-order valence-electron chi connectivity index (χ4n) is 2.05. The number of nitrogens with two attached hydrogens (primary N) is 1. The average molecular weight is 171 g/mol. The summed E-state index contributed by atoms with van der Waals surface area (Å²) in [5, 5.41) is 0. The Morgan fingerprint density at radius 3 is 2.25 bits per heavy atom. The number of hydrogen-bond acceptors (Lipinski definition) is 2. The van der Waals surface area contributed by atoms with E-state index >= 15 is 0 Å². The van der Waals surface area contributed by atoms with Gasteiger partial charge in [0.1, 0.15) is 0 Å². The zero-order chi connectivity index (χ0) is 9.24. The highest BCUT2D eigenvalue weighted by atomic mass is 16.5. The molecule has 1 saturated heterocycles. The highest BCUT2D eigenvalue weighted by Gasteiger charge is 2.48. The van der Waals surface area contributed by atoms with Gasteiger partial charge in [0, 0.05) is 5.41 Å². The van der Waals surface area contributed by atoms with Crippen molar-refractivity contribution in [1.82, 2.24) is 0 Å². The normalized spacial score (nSPS) is 22.0. The second-order valence-corrected chi connectivity index (χ2v) is 4.55. The van der Waals surface area contributed by atoms with Crippen LogP contribution in [0.4, 0.5) is 0 Å². The largest absolute Gasteiger partial charge is 0.380 e. The van der Waals surface area contributed by atoms with E-state index in [0.29, 0.717) is 10.8 Å². The second kappa shape index (κ2) is 3.35. The highest BCUT2D eigenvalue weighted by molar-refractivity contribution is 4.96. The second-order valence-electron chi connectivity index (χ2n) is 4.55. The van der Waals surface area contributed by atoms with Crippen LogP contribution in [0.5, 0.6) is 0 Å². The third kappa shape index (κ3) is 1.38. The van der Waals surface area contributed by atoms with Crippen LogP contribution in [0.2, 0.25) is 0 Å². The van der Waals surface area contributed by atoms with Crippen LogP contribution in [0.15, 0.2) is 0 Å². The SMILES string of the molecule is CCC1(C(C)(C)CCN)COC1. The molecule has 0 amide bonds. The lowest BCUT2D eigenvalue weighted by Crippen LogP contribution is -2.53. The van der Waals surface area contributed by atoms with Crippen molar-refractivity contribution < 1.29 is 4.74 Å². The minimum atomic E-state index is 0.342. The first-order valence-electron chi connectivity index (χ1n) is 4.86. The summed E-state index contributed by atoms with van der Waals surface area (Å²) >= 11 is 0. The van der Waals surface area contributed by atoms with Crippen LogP contribution >= 0.6 is 0 Å². The maximum Gasteiger partial charge on any atom is 0.0549 e. The summed E-state index contributed by atoms with van der Waals surface area (Å²) in [6.07, 6.45) is 2.31. The van der Waals surface area contributed by atoms with Gasteiger partial charge in [-0.2, -0.15) is 0 Å². The monoisotopic (exact) mass is 171 g/mol. The summed E-state index contributed by atoms with van der Waals surface area (Å²) in [4.78, 5) is 0. The van der Waals surface area contributed by atoms with Crippen LogP contribution < -0.4 is 5.73 Å². The molecular formula is C10H21NO. The van der Waals surface area contributed by atoms with Crippen LogP contribution in [-0.4, -0.2) is 19.8 Å². The van der Waals surface area contributed by atoms with Gasteiger partial charge in [0.15, 0.2) is 0 Å². The molecule has 0 aliphatic carbocycles. The molecule has 2 heteroatoms. The van der Waals surface area contributed by atoms with Crippen LogP contribution in [0.25, 0.3) is 0 Å². The molecule has 2 nitrogen and oxygen atoms in total. The van der Waals surface area contributed by atoms with Gasteiger partial charge in [0.2, 0.25) is 0 Å². The minimum Gasteiger partial charge on any atom is -0.380 e. The van der Waals surface area contributed by atoms with Gasteiger partial charge < -0.3 is 10.5 Å². The molecule has 1 fully saturated rings. The van der Waals surface area contributed by atoms with E-state index in [1.54, 1.807) is 0 Å². The van der Waals surface area contributed by atoms with Crippen molar-refractivity contribution in [3.05, 3.63) is 0 Å². The lowest BCUT2D eigenvalue weighted by atomic mass is 9.61. The highest BCUT2D eigenvalue weighted by Crippen LogP contribution is 2.49. The molecule has 0 aromatic rings. The van der Waals surface area contributed by atoms with E-state index in [0.717, 1.165) is 26.2 Å². The maximum atomic E-state index is 5.60. The van der Waals surface area contributed by atoms with E-state index in [2.05, 4.69) is 20.8 Å². The van der Waals surface area contributed by atoms with Gasteiger partial charge in [-0.1, -0.05) is 20.8 Å². The van der Waals surface area contributed by atoms with Gasteiger partial charge in [-0.05, 0) is 24.8 Å². The predicted molar refractivity (Wildman–Crippen MR) is 51.0 cm³/mol. The van der Waals surface area contributed by atoms with Crippen molar-refractivity contribution in [3.8, 4) is 0 Å². The first kappa shape index (κ1) is 10.0. The van der Waals surface area contributed by atoms with E-state index in [9.17, 15) is 0 Å². The van der Waals surface area contributed by atoms with Crippen LogP contribution in [0.3, 0.4) is 0 Å². The molecule has 0 saturated carbocycles. The fraction of sp³-hybridized carbons (Fsp3) is 1.00. The summed E-state index contributed by atoms with van der Waals surface area (Å²) in [5.74, 6) is 0. The van der Waals surface area contributed by atoms with Crippen LogP contribution in [0.1, 0.15) is 33.6 Å². The van der Waals surface area contributed by atoms with Crippen LogP contribution in [0, 0.1) is 10.8 Å². The zero-order valence-electron chi connectivity index (χ0n) is 8.52. The summed E-state index contributed by atoms with van der Waals surface area (Å²) in [5.41, 5.74) is 6.36. The molecule has 0 unspecified atom stereocenters. The van der Waals surface area contributed by atoms with Crippen molar-refractivity contribution in [2.75, 3.05) is 19.8 Å². The molecule has 0 atom stereocenters. The molecule has 0 spiro atoms. The molecule has 1 aliphatic rings. The fourth-order valence-corrected chi connectivity index (χ4v) is 2.05. The minimum absolute atomic E-state index is 0.342. The Morgan fingerprint density at radius 1 is 1.42 bits per heavy atom. The van der Waals surface area contributed by atoms with Crippen molar-refractivity contribution >= 4 is 0 Å². The molecule has 0 bridgehead atoms. The Morgan fingerprint density at radius 2 is 2.00 bits per heavy atom. The van der Waals surface area contributed by atoms with E-state index in [4.69, 9.17) is 10.5 Å². The van der Waals surface area contributed by atoms with E-state index in [-0.39, 0.29) is 0 Å². The Kier molecular flexibility index (Phi) is 2.79. The topological polar surface area (TPSA) is 35.2 Å². The van der Waals surface area contributed by atoms with Crippen molar-refractivity contribution in [2.24, 2.45) is 16.6 Å². The summed E-state index contributed by atoms with van der Waals surface area (Å²) < 4.78 is 5.32. The van der Waals surface area contributed by atoms with Gasteiger partial charge in [-0.15, -0.1) is 0 Å². The molecule has 0 aromatic carbocycles. The molecule has 12 heavy (non-hydrogen) atoms. The molecule has 1 heterocycles. The lowest BCUT2D eigenvalue weighted by Gasteiger charge is -2.52. The molecular weight excluding hydrogens is 150 g/mol. The Labute approximate surface area is 75.5 Å². The van der Waals surface area contributed by atoms with E-state index in [1.807, 2.05) is 0 Å². The summed E-state index contributed by atoms with van der Waals surface area (Å²) in [6, 6.07) is 0. The number of rotatable bonds is 4.